The van der Waals surface area contributed by atoms with Crippen molar-refractivity contribution in [3.05, 3.63) is 47.5 Å². The summed E-state index contributed by atoms with van der Waals surface area (Å²) in [6.45, 7) is 5.65. The number of ether oxygens (including phenoxy) is 2. The predicted molar refractivity (Wildman–Crippen MR) is 135 cm³/mol. The molecule has 1 saturated heterocycles. The van der Waals surface area contributed by atoms with Crippen LogP contribution < -0.4 is 25.0 Å². The Bertz CT molecular complexity index is 971. The molecule has 2 heterocycles. The molecule has 2 fully saturated rings. The maximum atomic E-state index is 12.3. The van der Waals surface area contributed by atoms with Crippen LogP contribution in [0.4, 0.5) is 16.2 Å². The number of hydrogen-bond acceptors (Lipinski definition) is 5. The minimum absolute atomic E-state index is 0.135. The first-order chi connectivity index (χ1) is 16.6. The van der Waals surface area contributed by atoms with Crippen LogP contribution in [0.25, 0.3) is 0 Å². The van der Waals surface area contributed by atoms with Gasteiger partial charge in [-0.15, -0.1) is 0 Å². The van der Waals surface area contributed by atoms with Gasteiger partial charge in [-0.2, -0.15) is 0 Å². The number of fused-ring (bicyclic) bond motifs is 1. The predicted octanol–water partition coefficient (Wildman–Crippen LogP) is 4.96. The van der Waals surface area contributed by atoms with Crippen LogP contribution in [-0.2, 0) is 0 Å². The van der Waals surface area contributed by atoms with Crippen LogP contribution in [0.3, 0.4) is 0 Å². The van der Waals surface area contributed by atoms with Crippen molar-refractivity contribution < 1.29 is 14.3 Å². The first-order valence-corrected chi connectivity index (χ1v) is 12.7. The molecular formula is C26H33ClN4O3. The Labute approximate surface area is 206 Å². The molecule has 1 aliphatic carbocycles. The highest BCUT2D eigenvalue weighted by Crippen LogP contribution is 2.41. The molecule has 5 rings (SSSR count). The van der Waals surface area contributed by atoms with Gasteiger partial charge in [0.25, 0.3) is 0 Å². The summed E-state index contributed by atoms with van der Waals surface area (Å²) in [5.74, 6) is 2.49. The second-order valence-corrected chi connectivity index (χ2v) is 9.89. The van der Waals surface area contributed by atoms with Gasteiger partial charge in [0.1, 0.15) is 0 Å². The summed E-state index contributed by atoms with van der Waals surface area (Å²) < 4.78 is 11.2. The quantitative estimate of drug-likeness (QED) is 0.606. The average molecular weight is 485 g/mol. The third-order valence-corrected chi connectivity index (χ3v) is 7.48. The number of urea groups is 1. The first-order valence-electron chi connectivity index (χ1n) is 12.3. The number of rotatable bonds is 6. The third kappa shape index (κ3) is 5.70. The van der Waals surface area contributed by atoms with E-state index in [1.54, 1.807) is 12.1 Å². The Morgan fingerprint density at radius 2 is 1.74 bits per heavy atom. The number of benzene rings is 2. The van der Waals surface area contributed by atoms with Crippen LogP contribution >= 0.6 is 11.6 Å². The molecule has 7 nitrogen and oxygen atoms in total. The van der Waals surface area contributed by atoms with Crippen molar-refractivity contribution >= 4 is 29.0 Å². The third-order valence-electron chi connectivity index (χ3n) is 7.23. The van der Waals surface area contributed by atoms with Gasteiger partial charge in [-0.25, -0.2) is 4.79 Å². The zero-order chi connectivity index (χ0) is 23.3. The normalized spacial score (nSPS) is 22.4. The average Bonchev–Trinajstić information content (AvgIpc) is 3.35. The molecule has 182 valence electrons. The molecule has 2 aromatic rings. The molecule has 0 atom stereocenters. The minimum Gasteiger partial charge on any atom is -0.454 e. The van der Waals surface area contributed by atoms with Gasteiger partial charge < -0.3 is 25.0 Å². The lowest BCUT2D eigenvalue weighted by Gasteiger charge is -2.37. The Balaban J connectivity index is 0.994. The summed E-state index contributed by atoms with van der Waals surface area (Å²) in [5.41, 5.74) is 1.91. The molecule has 0 spiro atoms. The van der Waals surface area contributed by atoms with E-state index in [4.69, 9.17) is 21.1 Å². The molecular weight excluding hydrogens is 452 g/mol. The molecule has 3 aliphatic rings. The number of piperazine rings is 1. The number of anilines is 2. The van der Waals surface area contributed by atoms with Crippen molar-refractivity contribution in [3.63, 3.8) is 0 Å². The summed E-state index contributed by atoms with van der Waals surface area (Å²) in [6, 6.07) is 13.4. The van der Waals surface area contributed by atoms with E-state index in [1.807, 2.05) is 24.3 Å². The lowest BCUT2D eigenvalue weighted by atomic mass is 9.84. The summed E-state index contributed by atoms with van der Waals surface area (Å²) in [5, 5.41) is 6.68. The van der Waals surface area contributed by atoms with Crippen LogP contribution in [0.2, 0.25) is 5.02 Å². The zero-order valence-electron chi connectivity index (χ0n) is 19.5. The molecule has 2 aromatic carbocycles. The van der Waals surface area contributed by atoms with Gasteiger partial charge >= 0.3 is 6.03 Å². The fourth-order valence-corrected chi connectivity index (χ4v) is 5.35. The van der Waals surface area contributed by atoms with Crippen molar-refractivity contribution in [3.8, 4) is 11.5 Å². The van der Waals surface area contributed by atoms with Crippen LogP contribution in [0, 0.1) is 5.92 Å². The number of carbonyl (C=O) groups excluding carboxylic acids is 1. The van der Waals surface area contributed by atoms with E-state index in [0.717, 1.165) is 74.4 Å². The molecule has 2 N–H and O–H groups in total. The van der Waals surface area contributed by atoms with Gasteiger partial charge in [0.15, 0.2) is 11.5 Å². The summed E-state index contributed by atoms with van der Waals surface area (Å²) >= 11 is 5.90. The summed E-state index contributed by atoms with van der Waals surface area (Å²) in [7, 11) is 0. The Morgan fingerprint density at radius 1 is 0.971 bits per heavy atom. The van der Waals surface area contributed by atoms with Gasteiger partial charge in [0, 0.05) is 42.9 Å². The highest BCUT2D eigenvalue weighted by atomic mass is 35.5. The van der Waals surface area contributed by atoms with Crippen molar-refractivity contribution in [1.29, 1.82) is 0 Å². The second kappa shape index (κ2) is 10.7. The zero-order valence-corrected chi connectivity index (χ0v) is 20.2. The van der Waals surface area contributed by atoms with Crippen molar-refractivity contribution in [2.24, 2.45) is 5.92 Å². The number of hydrogen-bond donors (Lipinski definition) is 2. The Kier molecular flexibility index (Phi) is 7.30. The van der Waals surface area contributed by atoms with Crippen LogP contribution in [0.5, 0.6) is 11.5 Å². The maximum Gasteiger partial charge on any atom is 0.319 e. The minimum atomic E-state index is -0.135. The fraction of sp³-hybridized carbons (Fsp3) is 0.500. The van der Waals surface area contributed by atoms with Gasteiger partial charge in [0.05, 0.1) is 5.69 Å². The van der Waals surface area contributed by atoms with Gasteiger partial charge in [-0.05, 0) is 81.0 Å². The van der Waals surface area contributed by atoms with Crippen molar-refractivity contribution in [1.82, 2.24) is 10.2 Å². The largest absolute Gasteiger partial charge is 0.454 e. The lowest BCUT2D eigenvalue weighted by Crippen LogP contribution is -2.47. The summed E-state index contributed by atoms with van der Waals surface area (Å²) in [4.78, 5) is 17.3. The maximum absolute atomic E-state index is 12.3. The van der Waals surface area contributed by atoms with Crippen LogP contribution in [0.1, 0.15) is 32.1 Å². The Hall–Kier alpha value is -2.64. The van der Waals surface area contributed by atoms with Crippen molar-refractivity contribution in [2.75, 3.05) is 49.7 Å². The number of halogens is 1. The molecule has 2 aliphatic heterocycles. The van der Waals surface area contributed by atoms with E-state index in [-0.39, 0.29) is 12.1 Å². The molecule has 0 unspecified atom stereocenters. The van der Waals surface area contributed by atoms with E-state index >= 15 is 0 Å². The number of nitrogens with zero attached hydrogens (tertiary/aromatic N) is 2. The highest BCUT2D eigenvalue weighted by molar-refractivity contribution is 6.30. The molecule has 0 radical (unpaired) electrons. The standard InChI is InChI=1S/C26H33ClN4O3/c27-20-6-10-22(11-7-20)29-26(32)28-21-8-4-19(5-9-21)12-13-30-14-16-31(17-15-30)23-2-1-3-24-25(23)34-18-33-24/h1-3,6-7,10-11,19,21H,4-5,8-9,12-18H2,(H2,28,29,32). The van der Waals surface area contributed by atoms with Crippen molar-refractivity contribution in [2.45, 2.75) is 38.1 Å². The number of nitrogens with one attached hydrogen (secondary N) is 2. The topological polar surface area (TPSA) is 66.1 Å². The molecule has 8 heteroatoms. The smallest absolute Gasteiger partial charge is 0.319 e. The molecule has 1 saturated carbocycles. The second-order valence-electron chi connectivity index (χ2n) is 9.45. The number of para-hydroxylation sites is 1. The van der Waals surface area contributed by atoms with E-state index in [1.165, 1.54) is 19.3 Å². The van der Waals surface area contributed by atoms with Gasteiger partial charge in [0.2, 0.25) is 6.79 Å². The van der Waals surface area contributed by atoms with Gasteiger partial charge in [-0.1, -0.05) is 17.7 Å². The molecule has 34 heavy (non-hydrogen) atoms. The van der Waals surface area contributed by atoms with E-state index in [9.17, 15) is 4.79 Å². The number of amides is 2. The van der Waals surface area contributed by atoms with E-state index in [2.05, 4.69) is 26.5 Å². The van der Waals surface area contributed by atoms with Crippen LogP contribution in [-0.4, -0.2) is 56.5 Å². The lowest BCUT2D eigenvalue weighted by molar-refractivity contribution is 0.173. The first kappa shape index (κ1) is 23.1. The molecule has 2 amide bonds. The molecule has 0 aromatic heterocycles. The molecule has 0 bridgehead atoms. The Morgan fingerprint density at radius 3 is 2.50 bits per heavy atom. The summed E-state index contributed by atoms with van der Waals surface area (Å²) in [6.07, 6.45) is 5.70. The SMILES string of the molecule is O=C(Nc1ccc(Cl)cc1)NC1CCC(CCN2CCN(c3cccc4c3OCO4)CC2)CC1. The monoisotopic (exact) mass is 484 g/mol. The van der Waals surface area contributed by atoms with E-state index in [0.29, 0.717) is 11.8 Å². The fourth-order valence-electron chi connectivity index (χ4n) is 5.22. The highest BCUT2D eigenvalue weighted by Gasteiger charge is 2.26. The van der Waals surface area contributed by atoms with E-state index < -0.39 is 0 Å². The van der Waals surface area contributed by atoms with Gasteiger partial charge in [-0.3, -0.25) is 4.90 Å². The number of carbonyl (C=O) groups is 1. The van der Waals surface area contributed by atoms with Crippen LogP contribution in [0.15, 0.2) is 42.5 Å².